The maximum atomic E-state index is 13.1. The molecule has 3 aromatic carbocycles. The van der Waals surface area contributed by atoms with Gasteiger partial charge >= 0.3 is 0 Å². The molecular weight excluding hydrogens is 466 g/mol. The smallest absolute Gasteiger partial charge is 0.270 e. The van der Waals surface area contributed by atoms with Gasteiger partial charge in [-0.2, -0.15) is 0 Å². The molecule has 3 amide bonds. The number of carbonyl (C=O) groups is 3. The van der Waals surface area contributed by atoms with Crippen LogP contribution in [0.15, 0.2) is 84.4 Å². The molecule has 0 aromatic heterocycles. The molecule has 1 aliphatic rings. The van der Waals surface area contributed by atoms with Crippen LogP contribution in [-0.4, -0.2) is 36.6 Å². The molecular formula is C26H21N3O5S. The predicted molar refractivity (Wildman–Crippen MR) is 136 cm³/mol. The molecule has 1 saturated heterocycles. The van der Waals surface area contributed by atoms with E-state index >= 15 is 0 Å². The van der Waals surface area contributed by atoms with Gasteiger partial charge in [-0.3, -0.25) is 24.6 Å². The summed E-state index contributed by atoms with van der Waals surface area (Å²) in [7, 11) is 1.57. The van der Waals surface area contributed by atoms with Crippen LogP contribution in [0.1, 0.15) is 5.56 Å². The molecule has 176 valence electrons. The third-order valence-electron chi connectivity index (χ3n) is 5.03. The molecule has 0 bridgehead atoms. The molecule has 0 spiro atoms. The number of nitrogens with zero attached hydrogens (tertiary/aromatic N) is 1. The Morgan fingerprint density at radius 3 is 2.46 bits per heavy atom. The number of nitrogens with one attached hydrogen (secondary N) is 2. The maximum Gasteiger partial charge on any atom is 0.270 e. The van der Waals surface area contributed by atoms with Crippen molar-refractivity contribution < 1.29 is 23.9 Å². The molecule has 1 fully saturated rings. The number of methoxy groups -OCH3 is 1. The normalized spacial score (nSPS) is 14.5. The zero-order valence-corrected chi connectivity index (χ0v) is 19.5. The summed E-state index contributed by atoms with van der Waals surface area (Å²) >= 11 is 5.20. The Morgan fingerprint density at radius 2 is 1.74 bits per heavy atom. The summed E-state index contributed by atoms with van der Waals surface area (Å²) in [6.07, 6.45) is 1.46. The van der Waals surface area contributed by atoms with Gasteiger partial charge in [-0.05, 0) is 72.4 Å². The first-order valence-corrected chi connectivity index (χ1v) is 11.0. The van der Waals surface area contributed by atoms with E-state index in [9.17, 15) is 14.4 Å². The van der Waals surface area contributed by atoms with Gasteiger partial charge in [-0.25, -0.2) is 0 Å². The number of anilines is 2. The van der Waals surface area contributed by atoms with Gasteiger partial charge in [-0.1, -0.05) is 30.3 Å². The molecule has 0 aliphatic carbocycles. The number of hydrogen-bond donors (Lipinski definition) is 2. The summed E-state index contributed by atoms with van der Waals surface area (Å²) in [5, 5.41) is 5.30. The van der Waals surface area contributed by atoms with Gasteiger partial charge in [-0.15, -0.1) is 0 Å². The van der Waals surface area contributed by atoms with Crippen molar-refractivity contribution in [3.63, 3.8) is 0 Å². The van der Waals surface area contributed by atoms with Gasteiger partial charge in [0.05, 0.1) is 12.8 Å². The largest absolute Gasteiger partial charge is 0.497 e. The van der Waals surface area contributed by atoms with Crippen LogP contribution in [0.4, 0.5) is 11.4 Å². The lowest BCUT2D eigenvalue weighted by atomic mass is 10.1. The number of amides is 3. The highest BCUT2D eigenvalue weighted by atomic mass is 32.1. The number of benzene rings is 3. The van der Waals surface area contributed by atoms with Crippen LogP contribution < -0.4 is 25.0 Å². The van der Waals surface area contributed by atoms with Crippen LogP contribution >= 0.6 is 12.2 Å². The second kappa shape index (κ2) is 10.6. The monoisotopic (exact) mass is 487 g/mol. The molecule has 0 atom stereocenters. The highest BCUT2D eigenvalue weighted by molar-refractivity contribution is 7.80. The summed E-state index contributed by atoms with van der Waals surface area (Å²) < 4.78 is 10.7. The lowest BCUT2D eigenvalue weighted by molar-refractivity contribution is -0.122. The van der Waals surface area contributed by atoms with Crippen LogP contribution in [0.2, 0.25) is 0 Å². The van der Waals surface area contributed by atoms with E-state index in [-0.39, 0.29) is 23.2 Å². The number of para-hydroxylation sites is 1. The minimum Gasteiger partial charge on any atom is -0.497 e. The fourth-order valence-corrected chi connectivity index (χ4v) is 3.63. The summed E-state index contributed by atoms with van der Waals surface area (Å²) in [6, 6.07) is 22.5. The third kappa shape index (κ3) is 5.71. The fourth-order valence-electron chi connectivity index (χ4n) is 3.35. The number of ether oxygens (including phenoxy) is 2. The van der Waals surface area contributed by atoms with E-state index in [2.05, 4.69) is 10.6 Å². The number of rotatable bonds is 7. The van der Waals surface area contributed by atoms with Crippen LogP contribution in [0.25, 0.3) is 6.08 Å². The van der Waals surface area contributed by atoms with Gasteiger partial charge in [0.25, 0.3) is 17.7 Å². The zero-order valence-electron chi connectivity index (χ0n) is 18.7. The Bertz CT molecular complexity index is 1310. The van der Waals surface area contributed by atoms with Crippen molar-refractivity contribution in [3.8, 4) is 11.5 Å². The van der Waals surface area contributed by atoms with Crippen molar-refractivity contribution in [2.45, 2.75) is 0 Å². The highest BCUT2D eigenvalue weighted by Crippen LogP contribution is 2.23. The van der Waals surface area contributed by atoms with Crippen molar-refractivity contribution in [1.82, 2.24) is 5.32 Å². The van der Waals surface area contributed by atoms with E-state index in [4.69, 9.17) is 21.7 Å². The first-order chi connectivity index (χ1) is 16.9. The highest BCUT2D eigenvalue weighted by Gasteiger charge is 2.34. The Labute approximate surface area is 207 Å². The SMILES string of the molecule is COc1ccc(NC(=O)COc2cccc(/C=C3/C(=O)NC(=S)N(c4ccccc4)C3=O)c2)cc1. The van der Waals surface area contributed by atoms with Crippen molar-refractivity contribution in [1.29, 1.82) is 0 Å². The fraction of sp³-hybridized carbons (Fsp3) is 0.0769. The number of thiocarbonyl (C=S) groups is 1. The molecule has 8 nitrogen and oxygen atoms in total. The quantitative estimate of drug-likeness (QED) is 0.301. The maximum absolute atomic E-state index is 13.1. The van der Waals surface area contributed by atoms with Crippen LogP contribution in [0.5, 0.6) is 11.5 Å². The summed E-state index contributed by atoms with van der Waals surface area (Å²) in [5.41, 5.74) is 1.64. The van der Waals surface area contributed by atoms with Crippen molar-refractivity contribution in [2.24, 2.45) is 0 Å². The van der Waals surface area contributed by atoms with Crippen molar-refractivity contribution in [2.75, 3.05) is 23.9 Å². The van der Waals surface area contributed by atoms with E-state index < -0.39 is 11.8 Å². The molecule has 0 radical (unpaired) electrons. The second-order valence-corrected chi connectivity index (χ2v) is 7.82. The lowest BCUT2D eigenvalue weighted by Gasteiger charge is -2.28. The predicted octanol–water partition coefficient (Wildman–Crippen LogP) is 3.54. The summed E-state index contributed by atoms with van der Waals surface area (Å²) in [5.74, 6) is -0.368. The molecule has 3 aromatic rings. The van der Waals surface area contributed by atoms with E-state index in [1.807, 2.05) is 6.07 Å². The van der Waals surface area contributed by atoms with Gasteiger partial charge in [0, 0.05) is 5.69 Å². The zero-order chi connectivity index (χ0) is 24.8. The van der Waals surface area contributed by atoms with E-state index in [0.29, 0.717) is 28.4 Å². The summed E-state index contributed by atoms with van der Waals surface area (Å²) in [6.45, 7) is -0.221. The van der Waals surface area contributed by atoms with Gasteiger partial charge < -0.3 is 14.8 Å². The third-order valence-corrected chi connectivity index (χ3v) is 5.31. The summed E-state index contributed by atoms with van der Waals surface area (Å²) in [4.78, 5) is 39.1. The van der Waals surface area contributed by atoms with Crippen molar-refractivity contribution >= 4 is 52.5 Å². The van der Waals surface area contributed by atoms with Gasteiger partial charge in [0.1, 0.15) is 17.1 Å². The van der Waals surface area contributed by atoms with Crippen LogP contribution in [0.3, 0.4) is 0 Å². The average Bonchev–Trinajstić information content (AvgIpc) is 2.86. The first-order valence-electron chi connectivity index (χ1n) is 10.6. The second-order valence-electron chi connectivity index (χ2n) is 7.43. The van der Waals surface area contributed by atoms with Crippen molar-refractivity contribution in [3.05, 3.63) is 90.0 Å². The molecule has 1 aliphatic heterocycles. The molecule has 2 N–H and O–H groups in total. The minimum atomic E-state index is -0.586. The Morgan fingerprint density at radius 1 is 1.00 bits per heavy atom. The minimum absolute atomic E-state index is 0.0170. The topological polar surface area (TPSA) is 97.0 Å². The molecule has 4 rings (SSSR count). The number of hydrogen-bond acceptors (Lipinski definition) is 6. The molecule has 0 unspecified atom stereocenters. The first kappa shape index (κ1) is 23.7. The Hall–Kier alpha value is -4.50. The van der Waals surface area contributed by atoms with E-state index in [1.165, 1.54) is 11.0 Å². The number of carbonyl (C=O) groups excluding carboxylic acids is 3. The molecule has 0 saturated carbocycles. The molecule has 9 heteroatoms. The van der Waals surface area contributed by atoms with E-state index in [0.717, 1.165) is 0 Å². The lowest BCUT2D eigenvalue weighted by Crippen LogP contribution is -2.54. The Kier molecular flexibility index (Phi) is 7.18. The van der Waals surface area contributed by atoms with Gasteiger partial charge in [0.15, 0.2) is 11.7 Å². The van der Waals surface area contributed by atoms with E-state index in [1.54, 1.807) is 79.9 Å². The van der Waals surface area contributed by atoms with Crippen LogP contribution in [0, 0.1) is 0 Å². The van der Waals surface area contributed by atoms with Gasteiger partial charge in [0.2, 0.25) is 0 Å². The standard InChI is InChI=1S/C26H21N3O5S/c1-33-20-12-10-18(11-13-20)27-23(30)16-34-21-9-5-6-17(14-21)15-22-24(31)28-26(35)29(25(22)32)19-7-3-2-4-8-19/h2-15H,16H2,1H3,(H,27,30)(H,28,31,35)/b22-15-. The molecule has 35 heavy (non-hydrogen) atoms. The van der Waals surface area contributed by atoms with Crippen LogP contribution in [-0.2, 0) is 14.4 Å². The average molecular weight is 488 g/mol. The Balaban J connectivity index is 1.45. The molecule has 1 heterocycles.